The number of halogens is 2. The van der Waals surface area contributed by atoms with E-state index in [2.05, 4.69) is 11.4 Å². The summed E-state index contributed by atoms with van der Waals surface area (Å²) in [5.41, 5.74) is 0.458. The average Bonchev–Trinajstić information content (AvgIpc) is 3.08. The molecule has 162 valence electrons. The smallest absolute Gasteiger partial charge is 0.408 e. The number of carbonyl (C=O) groups is 1. The molecule has 1 N–H and O–H groups in total. The third-order valence-corrected chi connectivity index (χ3v) is 6.48. The lowest BCUT2D eigenvalue weighted by molar-refractivity contribution is -0.0858. The normalized spacial score (nSPS) is 27.0. The number of alkyl halides is 2. The van der Waals surface area contributed by atoms with Gasteiger partial charge in [-0.25, -0.2) is 13.6 Å². The van der Waals surface area contributed by atoms with E-state index < -0.39 is 23.5 Å². The number of carbonyl (C=O) groups excluding carboxylic acids is 1. The topological polar surface area (TPSA) is 47.6 Å². The number of alkyl carbamates (subject to hydrolysis) is 1. The molecule has 1 saturated carbocycles. The van der Waals surface area contributed by atoms with Crippen LogP contribution in [-0.4, -0.2) is 24.7 Å². The highest BCUT2D eigenvalue weighted by atomic mass is 19.3. The van der Waals surface area contributed by atoms with Gasteiger partial charge in [0.2, 0.25) is 0 Å². The Kier molecular flexibility index (Phi) is 5.60. The van der Waals surface area contributed by atoms with Crippen molar-refractivity contribution in [1.82, 2.24) is 5.32 Å². The SMILES string of the molecule is CCCC(F)(F)[C@H]1CC[C@@H](Oc2ccc3cc([C@]4(C)COC(=O)N4)ccc3c2)CC1. The molecule has 0 bridgehead atoms. The molecule has 0 unspecified atom stereocenters. The fraction of sp³-hybridized carbons (Fsp3) is 0.542. The predicted molar refractivity (Wildman–Crippen MR) is 112 cm³/mol. The number of hydrogen-bond donors (Lipinski definition) is 1. The number of fused-ring (bicyclic) bond motifs is 1. The van der Waals surface area contributed by atoms with Gasteiger partial charge in [0, 0.05) is 12.3 Å². The van der Waals surface area contributed by atoms with Crippen LogP contribution in [0.15, 0.2) is 36.4 Å². The second kappa shape index (κ2) is 8.05. The Morgan fingerprint density at radius 1 is 1.13 bits per heavy atom. The van der Waals surface area contributed by atoms with E-state index in [1.54, 1.807) is 0 Å². The van der Waals surface area contributed by atoms with Crippen LogP contribution < -0.4 is 10.1 Å². The Morgan fingerprint density at radius 3 is 2.50 bits per heavy atom. The molecule has 0 aromatic heterocycles. The van der Waals surface area contributed by atoms with E-state index in [9.17, 15) is 13.6 Å². The molecule has 1 amide bonds. The van der Waals surface area contributed by atoms with Gasteiger partial charge in [0.05, 0.1) is 11.6 Å². The van der Waals surface area contributed by atoms with Crippen molar-refractivity contribution in [3.8, 4) is 5.75 Å². The molecule has 2 aromatic carbocycles. The summed E-state index contributed by atoms with van der Waals surface area (Å²) in [7, 11) is 0. The molecule has 4 rings (SSSR count). The lowest BCUT2D eigenvalue weighted by Crippen LogP contribution is -2.37. The van der Waals surface area contributed by atoms with E-state index >= 15 is 0 Å². The van der Waals surface area contributed by atoms with Crippen molar-refractivity contribution in [2.45, 2.75) is 69.9 Å². The largest absolute Gasteiger partial charge is 0.490 e. The molecule has 2 aromatic rings. The molecule has 1 heterocycles. The van der Waals surface area contributed by atoms with Gasteiger partial charge in [-0.1, -0.05) is 31.5 Å². The molecular weight excluding hydrogens is 388 g/mol. The Balaban J connectivity index is 1.41. The number of amides is 1. The van der Waals surface area contributed by atoms with Gasteiger partial charge in [-0.15, -0.1) is 0 Å². The zero-order valence-electron chi connectivity index (χ0n) is 17.5. The monoisotopic (exact) mass is 417 g/mol. The molecule has 1 aliphatic carbocycles. The van der Waals surface area contributed by atoms with Gasteiger partial charge in [0.1, 0.15) is 12.4 Å². The molecule has 1 saturated heterocycles. The summed E-state index contributed by atoms with van der Waals surface area (Å²) in [5.74, 6) is -2.31. The summed E-state index contributed by atoms with van der Waals surface area (Å²) in [4.78, 5) is 11.4. The maximum Gasteiger partial charge on any atom is 0.408 e. The van der Waals surface area contributed by atoms with Crippen molar-refractivity contribution in [2.24, 2.45) is 5.92 Å². The van der Waals surface area contributed by atoms with Crippen molar-refractivity contribution < 1.29 is 23.0 Å². The van der Waals surface area contributed by atoms with Gasteiger partial charge in [0.15, 0.2) is 0 Å². The fourth-order valence-electron chi connectivity index (χ4n) is 4.64. The quantitative estimate of drug-likeness (QED) is 0.612. The summed E-state index contributed by atoms with van der Waals surface area (Å²) in [6, 6.07) is 12.0. The van der Waals surface area contributed by atoms with Crippen LogP contribution in [-0.2, 0) is 10.3 Å². The molecule has 2 aliphatic rings. The highest BCUT2D eigenvalue weighted by Crippen LogP contribution is 2.40. The van der Waals surface area contributed by atoms with Gasteiger partial charge < -0.3 is 14.8 Å². The molecule has 1 atom stereocenters. The van der Waals surface area contributed by atoms with E-state index in [1.165, 1.54) is 0 Å². The van der Waals surface area contributed by atoms with Crippen molar-refractivity contribution in [2.75, 3.05) is 6.61 Å². The Hall–Kier alpha value is -2.37. The number of rotatable bonds is 6. The number of ether oxygens (including phenoxy) is 2. The summed E-state index contributed by atoms with van der Waals surface area (Å²) >= 11 is 0. The van der Waals surface area contributed by atoms with Crippen LogP contribution in [0.2, 0.25) is 0 Å². The minimum Gasteiger partial charge on any atom is -0.490 e. The van der Waals surface area contributed by atoms with Gasteiger partial charge in [0.25, 0.3) is 5.92 Å². The molecule has 0 radical (unpaired) electrons. The Labute approximate surface area is 175 Å². The molecule has 0 spiro atoms. The van der Waals surface area contributed by atoms with Crippen LogP contribution in [0.3, 0.4) is 0 Å². The van der Waals surface area contributed by atoms with Gasteiger partial charge in [-0.05, 0) is 67.1 Å². The van der Waals surface area contributed by atoms with E-state index in [1.807, 2.05) is 44.2 Å². The second-order valence-corrected chi connectivity index (χ2v) is 8.86. The molecule has 4 nitrogen and oxygen atoms in total. The first-order valence-electron chi connectivity index (χ1n) is 10.8. The van der Waals surface area contributed by atoms with Gasteiger partial charge in [-0.3, -0.25) is 0 Å². The maximum atomic E-state index is 14.2. The van der Waals surface area contributed by atoms with Gasteiger partial charge in [-0.2, -0.15) is 0 Å². The first-order valence-corrected chi connectivity index (χ1v) is 10.8. The predicted octanol–water partition coefficient (Wildman–Crippen LogP) is 6.17. The highest BCUT2D eigenvalue weighted by molar-refractivity contribution is 5.85. The lowest BCUT2D eigenvalue weighted by atomic mass is 9.82. The van der Waals surface area contributed by atoms with Crippen molar-refractivity contribution in [3.63, 3.8) is 0 Å². The highest BCUT2D eigenvalue weighted by Gasteiger charge is 2.40. The minimum absolute atomic E-state index is 0.0137. The minimum atomic E-state index is -2.55. The Morgan fingerprint density at radius 2 is 1.83 bits per heavy atom. The second-order valence-electron chi connectivity index (χ2n) is 8.86. The van der Waals surface area contributed by atoms with Gasteiger partial charge >= 0.3 is 6.09 Å². The van der Waals surface area contributed by atoms with Crippen LogP contribution in [0, 0.1) is 5.92 Å². The molecule has 30 heavy (non-hydrogen) atoms. The summed E-state index contributed by atoms with van der Waals surface area (Å²) in [6.07, 6.45) is 2.44. The molecule has 6 heteroatoms. The lowest BCUT2D eigenvalue weighted by Gasteiger charge is -2.33. The molecule has 1 aliphatic heterocycles. The van der Waals surface area contributed by atoms with E-state index in [0.717, 1.165) is 22.1 Å². The van der Waals surface area contributed by atoms with Crippen molar-refractivity contribution >= 4 is 16.9 Å². The number of benzene rings is 2. The van der Waals surface area contributed by atoms with E-state index in [4.69, 9.17) is 9.47 Å². The number of hydrogen-bond acceptors (Lipinski definition) is 3. The van der Waals surface area contributed by atoms with Crippen LogP contribution in [0.1, 0.15) is 57.9 Å². The van der Waals surface area contributed by atoms with Crippen LogP contribution in [0.5, 0.6) is 5.75 Å². The zero-order valence-corrected chi connectivity index (χ0v) is 17.5. The fourth-order valence-corrected chi connectivity index (χ4v) is 4.64. The first kappa shape index (κ1) is 20.9. The zero-order chi connectivity index (χ0) is 21.4. The third kappa shape index (κ3) is 4.23. The standard InChI is InChI=1S/C24H29F2NO3/c1-3-12-24(25,26)18-7-10-20(11-8-18)30-21-9-5-16-13-19(6-4-17(16)14-21)23(2)15-29-22(28)27-23/h4-6,9,13-14,18,20H,3,7-8,10-12,15H2,1-2H3,(H,27,28)/t18-,20+,23-/m0/s1. The van der Waals surface area contributed by atoms with Crippen LogP contribution in [0.25, 0.3) is 10.8 Å². The summed E-state index contributed by atoms with van der Waals surface area (Å²) in [6.45, 7) is 4.05. The number of nitrogens with one attached hydrogen (secondary N) is 1. The van der Waals surface area contributed by atoms with E-state index in [-0.39, 0.29) is 12.5 Å². The average molecular weight is 417 g/mol. The third-order valence-electron chi connectivity index (χ3n) is 6.48. The maximum absolute atomic E-state index is 14.2. The van der Waals surface area contributed by atoms with Crippen molar-refractivity contribution in [1.29, 1.82) is 0 Å². The van der Waals surface area contributed by atoms with Crippen LogP contribution >= 0.6 is 0 Å². The number of cyclic esters (lactones) is 1. The summed E-state index contributed by atoms with van der Waals surface area (Å²) in [5, 5.41) is 4.94. The summed E-state index contributed by atoms with van der Waals surface area (Å²) < 4.78 is 39.5. The molecule has 2 fully saturated rings. The first-order chi connectivity index (χ1) is 14.3. The van der Waals surface area contributed by atoms with E-state index in [0.29, 0.717) is 38.7 Å². The van der Waals surface area contributed by atoms with Crippen molar-refractivity contribution in [3.05, 3.63) is 42.0 Å². The van der Waals surface area contributed by atoms with Crippen LogP contribution in [0.4, 0.5) is 13.6 Å². The molecular formula is C24H29F2NO3. The Bertz CT molecular complexity index is 924.